The standard InChI is InChI=1S/C35H40F3N5O6S2/c1-25-22-31(51(47,48)41-29-12-17-42(18-13-29)24-26-6-3-2-4-7-26)11-10-27(25)14-21-50(45,46)43-19-15-34(16-20-43)33(44)39-32(40-34)28-8-5-9-30(23-28)49-35(36,37)38/h2-11,22-23,29,41H,12-21,24H2,1H3,(H,39,40,44). The smallest absolute Gasteiger partial charge is 0.406 e. The first-order chi connectivity index (χ1) is 24.1. The molecule has 3 heterocycles. The number of carbonyl (C=O) groups excluding carboxylic acids is 1. The van der Waals surface area contributed by atoms with E-state index in [4.69, 9.17) is 0 Å². The van der Waals surface area contributed by atoms with Crippen molar-refractivity contribution >= 4 is 31.8 Å². The van der Waals surface area contributed by atoms with Crippen molar-refractivity contribution in [2.45, 2.75) is 68.4 Å². The number of amides is 1. The topological polar surface area (TPSA) is 137 Å². The van der Waals surface area contributed by atoms with Crippen molar-refractivity contribution in [2.75, 3.05) is 31.9 Å². The summed E-state index contributed by atoms with van der Waals surface area (Å²) in [7, 11) is -7.51. The maximum Gasteiger partial charge on any atom is 0.573 e. The van der Waals surface area contributed by atoms with Crippen molar-refractivity contribution < 1.29 is 39.5 Å². The zero-order valence-electron chi connectivity index (χ0n) is 28.0. The average Bonchev–Trinajstić information content (AvgIpc) is 3.39. The van der Waals surface area contributed by atoms with Crippen LogP contribution in [0.1, 0.15) is 47.9 Å². The molecule has 11 nitrogen and oxygen atoms in total. The van der Waals surface area contributed by atoms with E-state index in [1.54, 1.807) is 19.1 Å². The summed E-state index contributed by atoms with van der Waals surface area (Å²) in [5.41, 5.74) is 1.60. The van der Waals surface area contributed by atoms with Gasteiger partial charge in [-0.25, -0.2) is 25.9 Å². The molecule has 2 saturated heterocycles. The number of aliphatic imine (C=N–C) groups is 1. The van der Waals surface area contributed by atoms with Gasteiger partial charge < -0.3 is 10.1 Å². The van der Waals surface area contributed by atoms with Crippen molar-refractivity contribution in [1.29, 1.82) is 0 Å². The third-order valence-corrected chi connectivity index (χ3v) is 13.1. The van der Waals surface area contributed by atoms with Crippen molar-refractivity contribution in [3.63, 3.8) is 0 Å². The van der Waals surface area contributed by atoms with Gasteiger partial charge in [0.25, 0.3) is 5.91 Å². The molecule has 0 bridgehead atoms. The molecule has 274 valence electrons. The van der Waals surface area contributed by atoms with E-state index < -0.39 is 43.6 Å². The zero-order chi connectivity index (χ0) is 36.4. The number of amidine groups is 1. The Hall–Kier alpha value is -3.83. The van der Waals surface area contributed by atoms with Gasteiger partial charge in [-0.05, 0) is 80.0 Å². The Labute approximate surface area is 296 Å². The van der Waals surface area contributed by atoms with E-state index in [1.807, 2.05) is 18.2 Å². The molecule has 16 heteroatoms. The number of likely N-dealkylation sites (tertiary alicyclic amines) is 1. The molecule has 1 spiro atoms. The fourth-order valence-corrected chi connectivity index (χ4v) is 9.65. The van der Waals surface area contributed by atoms with Gasteiger partial charge in [0.15, 0.2) is 0 Å². The number of carbonyl (C=O) groups is 1. The van der Waals surface area contributed by atoms with Gasteiger partial charge >= 0.3 is 6.36 Å². The lowest BCUT2D eigenvalue weighted by molar-refractivity contribution is -0.274. The predicted octanol–water partition coefficient (Wildman–Crippen LogP) is 4.12. The second kappa shape index (κ2) is 14.7. The van der Waals surface area contributed by atoms with Crippen LogP contribution in [0.15, 0.2) is 82.7 Å². The third-order valence-electron chi connectivity index (χ3n) is 9.68. The van der Waals surface area contributed by atoms with Crippen LogP contribution < -0.4 is 14.8 Å². The lowest BCUT2D eigenvalue weighted by atomic mass is 9.89. The van der Waals surface area contributed by atoms with Crippen LogP contribution in [0.4, 0.5) is 13.2 Å². The Kier molecular flexibility index (Phi) is 10.6. The SMILES string of the molecule is Cc1cc(S(=O)(=O)NC2CCN(Cc3ccccc3)CC2)ccc1CCS(=O)(=O)N1CCC2(CC1)N=C(c1cccc(OC(F)(F)F)c1)NC2=O. The molecular weight excluding hydrogens is 708 g/mol. The zero-order valence-corrected chi connectivity index (χ0v) is 29.7. The van der Waals surface area contributed by atoms with Crippen LogP contribution in [-0.2, 0) is 37.8 Å². The number of sulfonamides is 2. The number of piperidine rings is 2. The molecule has 1 amide bonds. The highest BCUT2D eigenvalue weighted by molar-refractivity contribution is 7.89. The number of hydrogen-bond donors (Lipinski definition) is 2. The molecule has 0 aromatic heterocycles. The van der Waals surface area contributed by atoms with Crippen molar-refractivity contribution in [1.82, 2.24) is 19.2 Å². The molecule has 0 atom stereocenters. The molecule has 2 fully saturated rings. The highest BCUT2D eigenvalue weighted by atomic mass is 32.2. The predicted molar refractivity (Wildman–Crippen MR) is 185 cm³/mol. The molecule has 6 rings (SSSR count). The van der Waals surface area contributed by atoms with E-state index in [0.717, 1.165) is 31.8 Å². The third kappa shape index (κ3) is 8.98. The number of ether oxygens (including phenoxy) is 1. The van der Waals surface area contributed by atoms with E-state index in [1.165, 1.54) is 28.1 Å². The second-order valence-electron chi connectivity index (χ2n) is 13.2. The summed E-state index contributed by atoms with van der Waals surface area (Å²) >= 11 is 0. The first kappa shape index (κ1) is 36.9. The van der Waals surface area contributed by atoms with Crippen LogP contribution in [0.3, 0.4) is 0 Å². The first-order valence-corrected chi connectivity index (χ1v) is 19.8. The first-order valence-electron chi connectivity index (χ1n) is 16.7. The molecule has 0 aliphatic carbocycles. The van der Waals surface area contributed by atoms with Gasteiger partial charge in [-0.1, -0.05) is 48.5 Å². The highest BCUT2D eigenvalue weighted by Gasteiger charge is 2.47. The number of halogens is 3. The molecule has 2 N–H and O–H groups in total. The number of alkyl halides is 3. The average molecular weight is 748 g/mol. The van der Waals surface area contributed by atoms with Crippen LogP contribution >= 0.6 is 0 Å². The van der Waals surface area contributed by atoms with Crippen molar-refractivity contribution in [3.8, 4) is 5.75 Å². The van der Waals surface area contributed by atoms with Crippen LogP contribution in [0, 0.1) is 6.92 Å². The molecule has 0 radical (unpaired) electrons. The lowest BCUT2D eigenvalue weighted by Gasteiger charge is -2.34. The molecule has 51 heavy (non-hydrogen) atoms. The van der Waals surface area contributed by atoms with Crippen LogP contribution in [0.5, 0.6) is 5.75 Å². The minimum Gasteiger partial charge on any atom is -0.406 e. The quantitative estimate of drug-likeness (QED) is 0.301. The second-order valence-corrected chi connectivity index (χ2v) is 17.0. The van der Waals surface area contributed by atoms with E-state index in [9.17, 15) is 34.8 Å². The van der Waals surface area contributed by atoms with Crippen molar-refractivity contribution in [3.05, 3.63) is 95.1 Å². The van der Waals surface area contributed by atoms with Gasteiger partial charge in [-0.3, -0.25) is 14.7 Å². The van der Waals surface area contributed by atoms with E-state index in [0.29, 0.717) is 24.0 Å². The number of hydrogen-bond acceptors (Lipinski definition) is 8. The van der Waals surface area contributed by atoms with Crippen LogP contribution in [-0.4, -0.2) is 87.7 Å². The largest absolute Gasteiger partial charge is 0.573 e. The Balaban J connectivity index is 1.01. The van der Waals surface area contributed by atoms with Gasteiger partial charge in [-0.15, -0.1) is 13.2 Å². The van der Waals surface area contributed by atoms with Crippen LogP contribution in [0.2, 0.25) is 0 Å². The summed E-state index contributed by atoms with van der Waals surface area (Å²) in [6.07, 6.45) is -3.10. The van der Waals surface area contributed by atoms with Gasteiger partial charge in [-0.2, -0.15) is 0 Å². The molecule has 0 unspecified atom stereocenters. The minimum atomic E-state index is -4.87. The molecule has 3 aliphatic heterocycles. The van der Waals surface area contributed by atoms with Gasteiger partial charge in [0, 0.05) is 44.3 Å². The highest BCUT2D eigenvalue weighted by Crippen LogP contribution is 2.33. The fraction of sp³-hybridized carbons (Fsp3) is 0.429. The van der Waals surface area contributed by atoms with Gasteiger partial charge in [0.05, 0.1) is 10.6 Å². The summed E-state index contributed by atoms with van der Waals surface area (Å²) in [5.74, 6) is -0.998. The maximum absolute atomic E-state index is 13.3. The number of benzene rings is 3. The molecular formula is C35H40F3N5O6S2. The normalized spacial score (nSPS) is 19.2. The monoisotopic (exact) mass is 747 g/mol. The Morgan fingerprint density at radius 2 is 1.65 bits per heavy atom. The van der Waals surface area contributed by atoms with E-state index in [-0.39, 0.29) is 60.4 Å². The van der Waals surface area contributed by atoms with Crippen LogP contribution in [0.25, 0.3) is 0 Å². The number of rotatable bonds is 11. The Morgan fingerprint density at radius 3 is 2.31 bits per heavy atom. The van der Waals surface area contributed by atoms with Gasteiger partial charge in [0.1, 0.15) is 17.1 Å². The summed E-state index contributed by atoms with van der Waals surface area (Å²) in [6, 6.07) is 19.8. The Morgan fingerprint density at radius 1 is 0.941 bits per heavy atom. The van der Waals surface area contributed by atoms with Crippen molar-refractivity contribution in [2.24, 2.45) is 4.99 Å². The summed E-state index contributed by atoms with van der Waals surface area (Å²) < 4.78 is 99.4. The summed E-state index contributed by atoms with van der Waals surface area (Å²) in [5, 5.41) is 2.63. The van der Waals surface area contributed by atoms with E-state index >= 15 is 0 Å². The number of aryl methyl sites for hydroxylation is 2. The molecule has 3 aromatic rings. The lowest BCUT2D eigenvalue weighted by Crippen LogP contribution is -2.50. The van der Waals surface area contributed by atoms with E-state index in [2.05, 4.69) is 36.8 Å². The number of nitrogens with one attached hydrogen (secondary N) is 2. The Bertz CT molecular complexity index is 1990. The number of nitrogens with zero attached hydrogens (tertiary/aromatic N) is 3. The van der Waals surface area contributed by atoms with Gasteiger partial charge in [0.2, 0.25) is 20.0 Å². The minimum absolute atomic E-state index is 0.0385. The summed E-state index contributed by atoms with van der Waals surface area (Å²) in [6.45, 7) is 4.23. The maximum atomic E-state index is 13.3. The molecule has 0 saturated carbocycles. The molecule has 3 aromatic carbocycles. The molecule has 3 aliphatic rings. The fourth-order valence-electron chi connectivity index (χ4n) is 6.79. The summed E-state index contributed by atoms with van der Waals surface area (Å²) in [4.78, 5) is 19.9.